The largest absolute Gasteiger partial charge is 0.462 e. The first-order chi connectivity index (χ1) is 10.2. The van der Waals surface area contributed by atoms with Crippen molar-refractivity contribution in [3.05, 3.63) is 54.0 Å². The molecule has 2 aromatic rings. The minimum absolute atomic E-state index is 0.123. The summed E-state index contributed by atoms with van der Waals surface area (Å²) in [5, 5.41) is 0. The highest BCUT2D eigenvalue weighted by molar-refractivity contribution is 5.90. The molecule has 21 heavy (non-hydrogen) atoms. The fourth-order valence-corrected chi connectivity index (χ4v) is 1.60. The second-order valence-electron chi connectivity index (χ2n) is 4.38. The average molecular weight is 288 g/mol. The third kappa shape index (κ3) is 4.21. The molecule has 0 unspecified atom stereocenters. The van der Waals surface area contributed by atoms with Crippen LogP contribution in [0, 0.1) is 0 Å². The van der Waals surface area contributed by atoms with E-state index in [1.54, 1.807) is 18.2 Å². The first-order valence-corrected chi connectivity index (χ1v) is 6.73. The molecule has 0 spiro atoms. The molecule has 0 aliphatic carbocycles. The van der Waals surface area contributed by atoms with E-state index < -0.39 is 5.97 Å². The van der Waals surface area contributed by atoms with E-state index in [1.165, 1.54) is 24.5 Å². The first-order valence-electron chi connectivity index (χ1n) is 6.73. The van der Waals surface area contributed by atoms with Crippen molar-refractivity contribution in [3.63, 3.8) is 0 Å². The van der Waals surface area contributed by atoms with Gasteiger partial charge >= 0.3 is 11.9 Å². The molecule has 1 aromatic carbocycles. The quantitative estimate of drug-likeness (QED) is 0.462. The number of esters is 2. The van der Waals surface area contributed by atoms with Crippen molar-refractivity contribution >= 4 is 11.9 Å². The summed E-state index contributed by atoms with van der Waals surface area (Å²) in [6.07, 6.45) is 3.20. The predicted octanol–water partition coefficient (Wildman–Crippen LogP) is 3.46. The van der Waals surface area contributed by atoms with Gasteiger partial charge in [0.1, 0.15) is 5.75 Å². The number of hydrogen-bond acceptors (Lipinski definition) is 5. The molecule has 0 aliphatic heterocycles. The number of unbranched alkanes of at least 4 members (excludes halogenated alkanes) is 1. The summed E-state index contributed by atoms with van der Waals surface area (Å²) >= 11 is 0. The Kier molecular flexibility index (Phi) is 5.15. The summed E-state index contributed by atoms with van der Waals surface area (Å²) in [6, 6.07) is 9.31. The van der Waals surface area contributed by atoms with Crippen LogP contribution in [0.4, 0.5) is 0 Å². The molecule has 1 aromatic heterocycles. The van der Waals surface area contributed by atoms with Gasteiger partial charge in [-0.15, -0.1) is 0 Å². The Morgan fingerprint density at radius 2 is 1.86 bits per heavy atom. The van der Waals surface area contributed by atoms with E-state index in [2.05, 4.69) is 0 Å². The highest BCUT2D eigenvalue weighted by atomic mass is 16.5. The summed E-state index contributed by atoms with van der Waals surface area (Å²) in [5.41, 5.74) is 0.420. The summed E-state index contributed by atoms with van der Waals surface area (Å²) in [5.74, 6) is -0.509. The molecule has 0 fully saturated rings. The van der Waals surface area contributed by atoms with E-state index in [0.29, 0.717) is 17.9 Å². The van der Waals surface area contributed by atoms with E-state index in [0.717, 1.165) is 12.8 Å². The first kappa shape index (κ1) is 14.8. The molecule has 0 amide bonds. The molecule has 1 heterocycles. The average Bonchev–Trinajstić information content (AvgIpc) is 3.02. The SMILES string of the molecule is CCCCOC(=O)c1ccc(OC(=O)c2ccco2)cc1. The summed E-state index contributed by atoms with van der Waals surface area (Å²) in [4.78, 5) is 23.4. The van der Waals surface area contributed by atoms with Gasteiger partial charge in [0.25, 0.3) is 0 Å². The summed E-state index contributed by atoms with van der Waals surface area (Å²) in [7, 11) is 0. The van der Waals surface area contributed by atoms with Crippen LogP contribution in [0.3, 0.4) is 0 Å². The minimum atomic E-state index is -0.585. The van der Waals surface area contributed by atoms with E-state index in [-0.39, 0.29) is 11.7 Å². The number of carbonyl (C=O) groups excluding carboxylic acids is 2. The van der Waals surface area contributed by atoms with E-state index in [9.17, 15) is 9.59 Å². The summed E-state index contributed by atoms with van der Waals surface area (Å²) in [6.45, 7) is 2.43. The highest BCUT2D eigenvalue weighted by Gasteiger charge is 2.12. The van der Waals surface area contributed by atoms with Gasteiger partial charge in [0.05, 0.1) is 18.4 Å². The number of furan rings is 1. The van der Waals surface area contributed by atoms with Crippen molar-refractivity contribution in [2.24, 2.45) is 0 Å². The van der Waals surface area contributed by atoms with Crippen molar-refractivity contribution in [1.29, 1.82) is 0 Å². The Balaban J connectivity index is 1.92. The Morgan fingerprint density at radius 3 is 2.48 bits per heavy atom. The van der Waals surface area contributed by atoms with Gasteiger partial charge in [-0.2, -0.15) is 0 Å². The highest BCUT2D eigenvalue weighted by Crippen LogP contribution is 2.15. The number of benzene rings is 1. The molecule has 0 saturated carbocycles. The molecule has 0 radical (unpaired) electrons. The van der Waals surface area contributed by atoms with Gasteiger partial charge in [-0.25, -0.2) is 9.59 Å². The second kappa shape index (κ2) is 7.28. The Morgan fingerprint density at radius 1 is 1.10 bits per heavy atom. The van der Waals surface area contributed by atoms with Gasteiger partial charge in [0, 0.05) is 0 Å². The van der Waals surface area contributed by atoms with Gasteiger partial charge in [0.2, 0.25) is 5.76 Å². The van der Waals surface area contributed by atoms with E-state index in [4.69, 9.17) is 13.9 Å². The standard InChI is InChI=1S/C16H16O5/c1-2-3-10-20-15(17)12-6-8-13(9-7-12)21-16(18)14-5-4-11-19-14/h4-9,11H,2-3,10H2,1H3. The van der Waals surface area contributed by atoms with Crippen molar-refractivity contribution in [1.82, 2.24) is 0 Å². The van der Waals surface area contributed by atoms with Crippen LogP contribution >= 0.6 is 0 Å². The number of hydrogen-bond donors (Lipinski definition) is 0. The maximum Gasteiger partial charge on any atom is 0.379 e. The molecule has 5 heteroatoms. The van der Waals surface area contributed by atoms with Crippen LogP contribution in [0.25, 0.3) is 0 Å². The minimum Gasteiger partial charge on any atom is -0.462 e. The number of rotatable bonds is 6. The molecule has 0 saturated heterocycles. The van der Waals surface area contributed by atoms with Crippen molar-refractivity contribution in [2.75, 3.05) is 6.61 Å². The fraction of sp³-hybridized carbons (Fsp3) is 0.250. The number of ether oxygens (including phenoxy) is 2. The molecule has 2 rings (SSSR count). The van der Waals surface area contributed by atoms with Gasteiger partial charge in [0.15, 0.2) is 0 Å². The lowest BCUT2D eigenvalue weighted by Crippen LogP contribution is -2.08. The summed E-state index contributed by atoms with van der Waals surface area (Å²) < 4.78 is 15.1. The molecular formula is C16H16O5. The molecule has 5 nitrogen and oxygen atoms in total. The fourth-order valence-electron chi connectivity index (χ4n) is 1.60. The van der Waals surface area contributed by atoms with Crippen LogP contribution in [0.1, 0.15) is 40.7 Å². The Labute approximate surface area is 122 Å². The third-order valence-corrected chi connectivity index (χ3v) is 2.75. The Bertz CT molecular complexity index is 584. The second-order valence-corrected chi connectivity index (χ2v) is 4.38. The number of carbonyl (C=O) groups is 2. The molecule has 0 atom stereocenters. The van der Waals surface area contributed by atoms with Gasteiger partial charge in [-0.1, -0.05) is 13.3 Å². The van der Waals surface area contributed by atoms with Crippen LogP contribution in [-0.2, 0) is 4.74 Å². The van der Waals surface area contributed by atoms with Crippen LogP contribution in [0.2, 0.25) is 0 Å². The molecule has 110 valence electrons. The van der Waals surface area contributed by atoms with Crippen molar-refractivity contribution < 1.29 is 23.5 Å². The predicted molar refractivity (Wildman–Crippen MR) is 75.3 cm³/mol. The topological polar surface area (TPSA) is 65.7 Å². The zero-order chi connectivity index (χ0) is 15.1. The lowest BCUT2D eigenvalue weighted by molar-refractivity contribution is 0.0499. The van der Waals surface area contributed by atoms with Crippen molar-refractivity contribution in [2.45, 2.75) is 19.8 Å². The zero-order valence-corrected chi connectivity index (χ0v) is 11.7. The van der Waals surface area contributed by atoms with Gasteiger partial charge < -0.3 is 13.9 Å². The Hall–Kier alpha value is -2.56. The lowest BCUT2D eigenvalue weighted by atomic mass is 10.2. The smallest absolute Gasteiger partial charge is 0.379 e. The molecular weight excluding hydrogens is 272 g/mol. The van der Waals surface area contributed by atoms with Gasteiger partial charge in [-0.05, 0) is 42.8 Å². The third-order valence-electron chi connectivity index (χ3n) is 2.75. The van der Waals surface area contributed by atoms with Crippen LogP contribution in [-0.4, -0.2) is 18.5 Å². The van der Waals surface area contributed by atoms with E-state index in [1.807, 2.05) is 6.92 Å². The molecule has 0 N–H and O–H groups in total. The maximum atomic E-state index is 11.7. The molecule has 0 bridgehead atoms. The van der Waals surface area contributed by atoms with Crippen LogP contribution < -0.4 is 4.74 Å². The maximum absolute atomic E-state index is 11.7. The molecule has 0 aliphatic rings. The van der Waals surface area contributed by atoms with Crippen LogP contribution in [0.5, 0.6) is 5.75 Å². The lowest BCUT2D eigenvalue weighted by Gasteiger charge is -2.05. The monoisotopic (exact) mass is 288 g/mol. The van der Waals surface area contributed by atoms with E-state index >= 15 is 0 Å². The van der Waals surface area contributed by atoms with Crippen molar-refractivity contribution in [3.8, 4) is 5.75 Å². The van der Waals surface area contributed by atoms with Crippen LogP contribution in [0.15, 0.2) is 47.1 Å². The normalized spacial score (nSPS) is 10.1. The zero-order valence-electron chi connectivity index (χ0n) is 11.7. The van der Waals surface area contributed by atoms with Gasteiger partial charge in [-0.3, -0.25) is 0 Å².